The van der Waals surface area contributed by atoms with Crippen molar-refractivity contribution in [1.29, 1.82) is 0 Å². The van der Waals surface area contributed by atoms with E-state index in [0.29, 0.717) is 12.3 Å². The Hall–Kier alpha value is -0.610. The maximum absolute atomic E-state index is 10.6. The largest absolute Gasteiger partial charge is 0.480 e. The number of carboxylic acid groups (broad SMARTS) is 1. The summed E-state index contributed by atoms with van der Waals surface area (Å²) < 4.78 is 0. The van der Waals surface area contributed by atoms with Crippen LogP contribution in [-0.2, 0) is 4.79 Å². The minimum atomic E-state index is -0.916. The number of nitrogens with zero attached hydrogens (tertiary/aromatic N) is 1. The zero-order valence-electron chi connectivity index (χ0n) is 9.53. The van der Waals surface area contributed by atoms with Crippen molar-refractivity contribution in [3.63, 3.8) is 0 Å². The molecule has 2 atom stereocenters. The van der Waals surface area contributed by atoms with Crippen molar-refractivity contribution in [3.05, 3.63) is 0 Å². The summed E-state index contributed by atoms with van der Waals surface area (Å²) >= 11 is 0. The van der Waals surface area contributed by atoms with E-state index in [-0.39, 0.29) is 6.04 Å². The van der Waals surface area contributed by atoms with Crippen molar-refractivity contribution < 1.29 is 9.90 Å². The summed E-state index contributed by atoms with van der Waals surface area (Å²) in [4.78, 5) is 12.6. The van der Waals surface area contributed by atoms with Gasteiger partial charge in [0.1, 0.15) is 6.04 Å². The Morgan fingerprint density at radius 3 is 2.14 bits per heavy atom. The highest BCUT2D eigenvalue weighted by atomic mass is 16.4. The lowest BCUT2D eigenvalue weighted by Crippen LogP contribution is -2.40. The first-order valence-electron chi connectivity index (χ1n) is 4.99. The smallest absolute Gasteiger partial charge is 0.320 e. The molecule has 0 aromatic rings. The molecule has 0 aromatic heterocycles. The molecule has 0 aliphatic heterocycles. The van der Waals surface area contributed by atoms with Crippen LogP contribution in [0.2, 0.25) is 0 Å². The van der Waals surface area contributed by atoms with Gasteiger partial charge in [0.05, 0.1) is 0 Å². The summed E-state index contributed by atoms with van der Waals surface area (Å²) in [6.45, 7) is 4.26. The molecule has 0 saturated heterocycles. The molecule has 0 fully saturated rings. The lowest BCUT2D eigenvalue weighted by molar-refractivity contribution is -0.139. The minimum absolute atomic E-state index is 0.251. The average molecular weight is 202 g/mol. The highest BCUT2D eigenvalue weighted by Gasteiger charge is 2.20. The summed E-state index contributed by atoms with van der Waals surface area (Å²) in [6, 6.07) is -0.498. The summed E-state index contributed by atoms with van der Waals surface area (Å²) in [5.74, 6) is -0.357. The third-order valence-corrected chi connectivity index (χ3v) is 2.32. The number of rotatable bonds is 6. The molecule has 0 radical (unpaired) electrons. The predicted molar refractivity (Wildman–Crippen MR) is 57.2 cm³/mol. The third kappa shape index (κ3) is 5.19. The second kappa shape index (κ2) is 5.98. The van der Waals surface area contributed by atoms with Crippen LogP contribution in [0.25, 0.3) is 0 Å². The Kier molecular flexibility index (Phi) is 5.72. The number of carbonyl (C=O) groups is 1. The van der Waals surface area contributed by atoms with Gasteiger partial charge < -0.3 is 15.7 Å². The molecule has 14 heavy (non-hydrogen) atoms. The Bertz CT molecular complexity index is 181. The van der Waals surface area contributed by atoms with Gasteiger partial charge in [0, 0.05) is 6.04 Å². The quantitative estimate of drug-likeness (QED) is 0.667. The summed E-state index contributed by atoms with van der Waals surface area (Å²) in [6.07, 6.45) is 1.49. The van der Waals surface area contributed by atoms with Crippen LogP contribution in [-0.4, -0.2) is 42.2 Å². The van der Waals surface area contributed by atoms with Gasteiger partial charge in [-0.25, -0.2) is 0 Å². The lowest BCUT2D eigenvalue weighted by Gasteiger charge is -2.27. The number of aliphatic carboxylic acids is 1. The van der Waals surface area contributed by atoms with Gasteiger partial charge in [0.2, 0.25) is 0 Å². The Labute approximate surface area is 86.1 Å². The van der Waals surface area contributed by atoms with Gasteiger partial charge in [-0.1, -0.05) is 13.8 Å². The number of hydrogen-bond acceptors (Lipinski definition) is 3. The van der Waals surface area contributed by atoms with Gasteiger partial charge in [0.25, 0.3) is 0 Å². The zero-order chi connectivity index (χ0) is 11.3. The summed E-state index contributed by atoms with van der Waals surface area (Å²) in [5.41, 5.74) is 5.50. The zero-order valence-corrected chi connectivity index (χ0v) is 9.53. The maximum atomic E-state index is 10.6. The van der Waals surface area contributed by atoms with E-state index in [1.807, 2.05) is 19.0 Å². The lowest BCUT2D eigenvalue weighted by atomic mass is 9.97. The van der Waals surface area contributed by atoms with E-state index in [2.05, 4.69) is 13.8 Å². The van der Waals surface area contributed by atoms with E-state index in [1.165, 1.54) is 0 Å². The van der Waals surface area contributed by atoms with E-state index in [9.17, 15) is 4.79 Å². The van der Waals surface area contributed by atoms with Crippen molar-refractivity contribution in [3.8, 4) is 0 Å². The van der Waals surface area contributed by atoms with E-state index >= 15 is 0 Å². The van der Waals surface area contributed by atoms with Crippen molar-refractivity contribution >= 4 is 5.97 Å². The molecule has 3 N–H and O–H groups in total. The molecular formula is C10H22N2O2. The molecule has 2 unspecified atom stereocenters. The van der Waals surface area contributed by atoms with Crippen LogP contribution in [0, 0.1) is 5.92 Å². The van der Waals surface area contributed by atoms with E-state index in [4.69, 9.17) is 10.8 Å². The first-order chi connectivity index (χ1) is 6.34. The normalized spacial score (nSPS) is 15.9. The Morgan fingerprint density at radius 2 is 1.86 bits per heavy atom. The molecule has 4 nitrogen and oxygen atoms in total. The average Bonchev–Trinajstić information content (AvgIpc) is 2.01. The van der Waals surface area contributed by atoms with Gasteiger partial charge in [-0.2, -0.15) is 0 Å². The molecule has 0 spiro atoms. The third-order valence-electron chi connectivity index (χ3n) is 2.32. The molecule has 84 valence electrons. The van der Waals surface area contributed by atoms with Crippen LogP contribution in [0.15, 0.2) is 0 Å². The van der Waals surface area contributed by atoms with Crippen molar-refractivity contribution in [2.24, 2.45) is 11.7 Å². The fraction of sp³-hybridized carbons (Fsp3) is 0.900. The molecule has 0 saturated carbocycles. The Balaban J connectivity index is 4.16. The molecule has 0 rings (SSSR count). The van der Waals surface area contributed by atoms with Crippen molar-refractivity contribution in [2.75, 3.05) is 14.1 Å². The fourth-order valence-corrected chi connectivity index (χ4v) is 1.46. The molecular weight excluding hydrogens is 180 g/mol. The molecule has 0 bridgehead atoms. The van der Waals surface area contributed by atoms with Gasteiger partial charge in [-0.05, 0) is 32.9 Å². The number of hydrogen-bond donors (Lipinski definition) is 2. The van der Waals surface area contributed by atoms with Gasteiger partial charge in [0.15, 0.2) is 0 Å². The topological polar surface area (TPSA) is 66.6 Å². The van der Waals surface area contributed by atoms with E-state index < -0.39 is 12.0 Å². The standard InChI is InChI=1S/C10H22N2O2/c1-7(2)5-8(12(3)4)6-9(11)10(13)14/h7-9H,5-6,11H2,1-4H3,(H,13,14). The molecule has 4 heteroatoms. The first kappa shape index (κ1) is 13.4. The van der Waals surface area contributed by atoms with Crippen LogP contribution in [0.5, 0.6) is 0 Å². The monoisotopic (exact) mass is 202 g/mol. The fourth-order valence-electron chi connectivity index (χ4n) is 1.46. The highest BCUT2D eigenvalue weighted by molar-refractivity contribution is 5.73. The SMILES string of the molecule is CC(C)CC(CC(N)C(=O)O)N(C)C. The second-order valence-corrected chi connectivity index (χ2v) is 4.43. The molecule has 0 heterocycles. The van der Waals surface area contributed by atoms with Gasteiger partial charge >= 0.3 is 5.97 Å². The van der Waals surface area contributed by atoms with Gasteiger partial charge in [-0.15, -0.1) is 0 Å². The minimum Gasteiger partial charge on any atom is -0.480 e. The highest BCUT2D eigenvalue weighted by Crippen LogP contribution is 2.13. The van der Waals surface area contributed by atoms with E-state index in [0.717, 1.165) is 6.42 Å². The first-order valence-corrected chi connectivity index (χ1v) is 4.99. The predicted octanol–water partition coefficient (Wildman–Crippen LogP) is 0.765. The van der Waals surface area contributed by atoms with Crippen LogP contribution in [0.4, 0.5) is 0 Å². The van der Waals surface area contributed by atoms with Crippen LogP contribution in [0.3, 0.4) is 0 Å². The number of nitrogens with two attached hydrogens (primary N) is 1. The van der Waals surface area contributed by atoms with Crippen LogP contribution in [0.1, 0.15) is 26.7 Å². The summed E-state index contributed by atoms with van der Waals surface area (Å²) in [7, 11) is 3.92. The number of carboxylic acids is 1. The van der Waals surface area contributed by atoms with E-state index in [1.54, 1.807) is 0 Å². The molecule has 0 amide bonds. The van der Waals surface area contributed by atoms with Crippen LogP contribution >= 0.6 is 0 Å². The molecule has 0 aliphatic carbocycles. The Morgan fingerprint density at radius 1 is 1.36 bits per heavy atom. The summed E-state index contributed by atoms with van der Waals surface area (Å²) in [5, 5.41) is 8.70. The maximum Gasteiger partial charge on any atom is 0.320 e. The van der Waals surface area contributed by atoms with Gasteiger partial charge in [-0.3, -0.25) is 4.79 Å². The molecule has 0 aliphatic rings. The second-order valence-electron chi connectivity index (χ2n) is 4.43. The molecule has 0 aromatic carbocycles. The van der Waals surface area contributed by atoms with Crippen molar-refractivity contribution in [1.82, 2.24) is 4.90 Å². The van der Waals surface area contributed by atoms with Crippen molar-refractivity contribution in [2.45, 2.75) is 38.8 Å². The van der Waals surface area contributed by atoms with Crippen LogP contribution < -0.4 is 5.73 Å².